The quantitative estimate of drug-likeness (QED) is 0.155. The van der Waals surface area contributed by atoms with Gasteiger partial charge in [0.1, 0.15) is 0 Å². The molecule has 10 aromatic rings. The van der Waals surface area contributed by atoms with Gasteiger partial charge in [-0.15, -0.1) is 0 Å². The van der Waals surface area contributed by atoms with Crippen molar-refractivity contribution >= 4 is 27.8 Å². The fourth-order valence-electron chi connectivity index (χ4n) is 11.1. The van der Waals surface area contributed by atoms with Gasteiger partial charge in [-0.1, -0.05) is 198 Å². The molecule has 2 aliphatic rings. The minimum absolute atomic E-state index is 0.0921. The standard InChI is InChI=1S/C64H49N/c1-63(2)59-24-9-7-20-55(59)57-37-36-53(41-61(57)63)65(52-34-30-44(31-35-52)54-22-13-23-58-56-21-8-10-25-60(56)64(3,4)62(54)58)51-32-28-43(29-33-51)46-16-11-17-47(38-46)48-18-12-19-49(40-48)50-27-26-42-14-5-6-15-45(42)39-50/h5-41H,1-4H3. The normalized spacial score (nSPS) is 13.8. The molecule has 0 amide bonds. The fourth-order valence-corrected chi connectivity index (χ4v) is 11.1. The van der Waals surface area contributed by atoms with E-state index in [1.165, 1.54) is 99.8 Å². The summed E-state index contributed by atoms with van der Waals surface area (Å²) >= 11 is 0. The second-order valence-corrected chi connectivity index (χ2v) is 19.0. The highest BCUT2D eigenvalue weighted by Gasteiger charge is 2.38. The molecule has 65 heavy (non-hydrogen) atoms. The van der Waals surface area contributed by atoms with Crippen LogP contribution in [0, 0.1) is 0 Å². The van der Waals surface area contributed by atoms with E-state index >= 15 is 0 Å². The molecule has 0 atom stereocenters. The van der Waals surface area contributed by atoms with Crippen molar-refractivity contribution in [2.45, 2.75) is 38.5 Å². The Morgan fingerprint density at radius 2 is 0.708 bits per heavy atom. The largest absolute Gasteiger partial charge is 0.310 e. The van der Waals surface area contributed by atoms with E-state index in [1.807, 2.05) is 0 Å². The highest BCUT2D eigenvalue weighted by Crippen LogP contribution is 2.53. The van der Waals surface area contributed by atoms with Crippen LogP contribution in [0.5, 0.6) is 0 Å². The van der Waals surface area contributed by atoms with Gasteiger partial charge in [-0.05, 0) is 154 Å². The van der Waals surface area contributed by atoms with Gasteiger partial charge in [0.15, 0.2) is 0 Å². The lowest BCUT2D eigenvalue weighted by Gasteiger charge is -2.29. The van der Waals surface area contributed by atoms with Crippen LogP contribution in [0.3, 0.4) is 0 Å². The molecule has 0 saturated carbocycles. The zero-order valence-electron chi connectivity index (χ0n) is 37.3. The maximum absolute atomic E-state index is 2.43. The molecule has 1 heteroatoms. The number of rotatable bonds is 7. The van der Waals surface area contributed by atoms with Gasteiger partial charge in [0.2, 0.25) is 0 Å². The molecule has 0 N–H and O–H groups in total. The Kier molecular flexibility index (Phi) is 8.94. The van der Waals surface area contributed by atoms with Crippen molar-refractivity contribution in [1.82, 2.24) is 0 Å². The molecule has 0 unspecified atom stereocenters. The average molecular weight is 832 g/mol. The molecule has 0 heterocycles. The summed E-state index contributed by atoms with van der Waals surface area (Å²) in [5, 5.41) is 2.52. The first-order valence-electron chi connectivity index (χ1n) is 22.9. The predicted molar refractivity (Wildman–Crippen MR) is 276 cm³/mol. The monoisotopic (exact) mass is 831 g/mol. The van der Waals surface area contributed by atoms with E-state index in [1.54, 1.807) is 0 Å². The van der Waals surface area contributed by atoms with Crippen LogP contribution in [0.15, 0.2) is 224 Å². The molecule has 0 fully saturated rings. The average Bonchev–Trinajstić information content (AvgIpc) is 3.74. The molecule has 12 rings (SSSR count). The Labute approximate surface area is 383 Å². The van der Waals surface area contributed by atoms with Crippen molar-refractivity contribution in [2.24, 2.45) is 0 Å². The molecule has 0 radical (unpaired) electrons. The summed E-state index contributed by atoms with van der Waals surface area (Å²) in [7, 11) is 0. The van der Waals surface area contributed by atoms with Gasteiger partial charge in [-0.2, -0.15) is 0 Å². The Balaban J connectivity index is 0.910. The second-order valence-electron chi connectivity index (χ2n) is 19.0. The molecule has 10 aromatic carbocycles. The minimum atomic E-state index is -0.112. The van der Waals surface area contributed by atoms with Crippen LogP contribution in [-0.2, 0) is 10.8 Å². The third-order valence-electron chi connectivity index (χ3n) is 14.4. The van der Waals surface area contributed by atoms with E-state index in [0.29, 0.717) is 0 Å². The number of anilines is 3. The third-order valence-corrected chi connectivity index (χ3v) is 14.4. The van der Waals surface area contributed by atoms with E-state index in [9.17, 15) is 0 Å². The lowest BCUT2D eigenvalue weighted by Crippen LogP contribution is -2.16. The van der Waals surface area contributed by atoms with Crippen molar-refractivity contribution in [3.05, 3.63) is 247 Å². The lowest BCUT2D eigenvalue weighted by atomic mass is 9.79. The van der Waals surface area contributed by atoms with Gasteiger partial charge < -0.3 is 4.90 Å². The Hall–Kier alpha value is -7.74. The molecule has 0 bridgehead atoms. The Morgan fingerprint density at radius 1 is 0.262 bits per heavy atom. The van der Waals surface area contributed by atoms with Crippen molar-refractivity contribution in [3.63, 3.8) is 0 Å². The van der Waals surface area contributed by atoms with Crippen LogP contribution < -0.4 is 4.90 Å². The fraction of sp³-hybridized carbons (Fsp3) is 0.0938. The van der Waals surface area contributed by atoms with Crippen LogP contribution in [-0.4, -0.2) is 0 Å². The van der Waals surface area contributed by atoms with Gasteiger partial charge in [0.25, 0.3) is 0 Å². The Morgan fingerprint density at radius 3 is 1.37 bits per heavy atom. The summed E-state index contributed by atoms with van der Waals surface area (Å²) in [6, 6.07) is 83.2. The van der Waals surface area contributed by atoms with Crippen LogP contribution in [0.25, 0.3) is 77.5 Å². The molecule has 0 spiro atoms. The van der Waals surface area contributed by atoms with E-state index in [2.05, 4.69) is 257 Å². The van der Waals surface area contributed by atoms with Crippen molar-refractivity contribution in [3.8, 4) is 66.8 Å². The molecular weight excluding hydrogens is 783 g/mol. The maximum atomic E-state index is 2.43. The first-order chi connectivity index (χ1) is 31.7. The number of hydrogen-bond donors (Lipinski definition) is 0. The summed E-state index contributed by atoms with van der Waals surface area (Å²) in [4.78, 5) is 2.43. The van der Waals surface area contributed by atoms with Gasteiger partial charge in [-0.3, -0.25) is 0 Å². The summed E-state index contributed by atoms with van der Waals surface area (Å²) in [5.74, 6) is 0. The molecule has 0 aromatic heterocycles. The molecule has 0 aliphatic heterocycles. The van der Waals surface area contributed by atoms with Gasteiger partial charge in [-0.25, -0.2) is 0 Å². The topological polar surface area (TPSA) is 3.24 Å². The van der Waals surface area contributed by atoms with E-state index in [0.717, 1.165) is 17.1 Å². The van der Waals surface area contributed by atoms with E-state index in [4.69, 9.17) is 0 Å². The lowest BCUT2D eigenvalue weighted by molar-refractivity contribution is 0.660. The number of fused-ring (bicyclic) bond motifs is 7. The van der Waals surface area contributed by atoms with Crippen LogP contribution in [0.1, 0.15) is 49.9 Å². The smallest absolute Gasteiger partial charge is 0.0465 e. The van der Waals surface area contributed by atoms with Crippen LogP contribution >= 0.6 is 0 Å². The molecule has 1 nitrogen and oxygen atoms in total. The maximum Gasteiger partial charge on any atom is 0.0465 e. The van der Waals surface area contributed by atoms with Gasteiger partial charge in [0, 0.05) is 27.9 Å². The molecule has 2 aliphatic carbocycles. The zero-order chi connectivity index (χ0) is 43.9. The van der Waals surface area contributed by atoms with Crippen LogP contribution in [0.2, 0.25) is 0 Å². The zero-order valence-corrected chi connectivity index (χ0v) is 37.3. The van der Waals surface area contributed by atoms with Crippen molar-refractivity contribution < 1.29 is 0 Å². The number of nitrogens with zero attached hydrogens (tertiary/aromatic N) is 1. The predicted octanol–water partition coefficient (Wildman–Crippen LogP) is 17.6. The summed E-state index contributed by atoms with van der Waals surface area (Å²) in [6.07, 6.45) is 0. The molecule has 310 valence electrons. The molecular formula is C64H49N. The van der Waals surface area contributed by atoms with Crippen LogP contribution in [0.4, 0.5) is 17.1 Å². The van der Waals surface area contributed by atoms with Crippen molar-refractivity contribution in [1.29, 1.82) is 0 Å². The second kappa shape index (κ2) is 14.9. The summed E-state index contributed by atoms with van der Waals surface area (Å²) < 4.78 is 0. The third kappa shape index (κ3) is 6.37. The van der Waals surface area contributed by atoms with E-state index in [-0.39, 0.29) is 10.8 Å². The summed E-state index contributed by atoms with van der Waals surface area (Å²) in [5.41, 5.74) is 23.8. The molecule has 0 saturated heterocycles. The van der Waals surface area contributed by atoms with Crippen molar-refractivity contribution in [2.75, 3.05) is 4.90 Å². The van der Waals surface area contributed by atoms with Gasteiger partial charge >= 0.3 is 0 Å². The first-order valence-corrected chi connectivity index (χ1v) is 22.9. The number of hydrogen-bond acceptors (Lipinski definition) is 1. The first kappa shape index (κ1) is 38.9. The van der Waals surface area contributed by atoms with E-state index < -0.39 is 0 Å². The highest BCUT2D eigenvalue weighted by atomic mass is 15.1. The Bertz CT molecular complexity index is 3480. The number of benzene rings is 10. The summed E-state index contributed by atoms with van der Waals surface area (Å²) in [6.45, 7) is 9.47. The highest BCUT2D eigenvalue weighted by molar-refractivity contribution is 5.91. The minimum Gasteiger partial charge on any atom is -0.310 e. The van der Waals surface area contributed by atoms with Gasteiger partial charge in [0.05, 0.1) is 0 Å². The SMILES string of the molecule is CC1(C)c2ccccc2-c2ccc(N(c3ccc(-c4cccc(-c5cccc(-c6ccc7ccccc7c6)c5)c4)cc3)c3ccc(-c4cccc5c4C(C)(C)c4ccccc4-5)cc3)cc21.